The second-order valence-corrected chi connectivity index (χ2v) is 15.9. The van der Waals surface area contributed by atoms with Gasteiger partial charge in [-0.25, -0.2) is 28.7 Å². The number of oxime groups is 1. The first-order chi connectivity index (χ1) is 23.8. The Morgan fingerprint density at radius 1 is 1.04 bits per heavy atom. The van der Waals surface area contributed by atoms with E-state index in [0.717, 1.165) is 16.0 Å². The number of nitrogens with one attached hydrogen (secondary N) is 2. The molecule has 1 fully saturated rings. The van der Waals surface area contributed by atoms with Gasteiger partial charge in [0, 0.05) is 11.8 Å². The normalized spacial score (nSPS) is 16.8. The van der Waals surface area contributed by atoms with Gasteiger partial charge in [-0.05, 0) is 55.4 Å². The lowest BCUT2D eigenvalue weighted by atomic mass is 9.84. The average Bonchev–Trinajstić information content (AvgIpc) is 3.60. The number of aliphatic carboxylic acids is 1. The lowest BCUT2D eigenvalue weighted by Gasteiger charge is -2.43. The van der Waals surface area contributed by atoms with E-state index in [4.69, 9.17) is 20.0 Å². The number of ketones is 1. The summed E-state index contributed by atoms with van der Waals surface area (Å²) in [7, 11) is -5.09. The number of hydrogen-bond donors (Lipinski definition) is 5. The fourth-order valence-corrected chi connectivity index (χ4v) is 5.64. The summed E-state index contributed by atoms with van der Waals surface area (Å²) in [6, 6.07) is -1.35. The third-order valence-electron chi connectivity index (χ3n) is 6.46. The molecule has 6 N–H and O–H groups in total. The summed E-state index contributed by atoms with van der Waals surface area (Å²) in [5, 5.41) is 26.9. The Kier molecular flexibility index (Phi) is 12.3. The molecule has 3 amide bonds. The van der Waals surface area contributed by atoms with Crippen molar-refractivity contribution in [3.63, 3.8) is 0 Å². The van der Waals surface area contributed by atoms with Gasteiger partial charge < -0.3 is 25.2 Å². The number of alkyl carbamates (subject to hydrolysis) is 2. The Balaban J connectivity index is 1.84. The highest BCUT2D eigenvalue weighted by Crippen LogP contribution is 2.34. The van der Waals surface area contributed by atoms with Crippen molar-refractivity contribution in [2.75, 3.05) is 5.73 Å². The van der Waals surface area contributed by atoms with Crippen LogP contribution in [0.15, 0.2) is 21.7 Å². The second-order valence-electron chi connectivity index (χ2n) is 13.7. The standard InChI is InChI=1S/C28H40N10O12S2/c1-26(2,3)48-24(43)32-23(33-25(44)49-27(4,5)6)30-10-14-11-37(36-34-14)12-17-15(20(40)38(17)52(45,46)47)9-18(39)19(16-13-51-22(29)31-16)35-50-28(7,8)21(41)42/h11,13,15,17H,9-10,12H2,1-8H3,(H2,29,31)(H,41,42)(H,45,46,47)(H2,30,32,33,43,44)/b35-19-/t15-,17+/m0/s1. The molecule has 0 saturated carbocycles. The molecule has 0 radical (unpaired) electrons. The van der Waals surface area contributed by atoms with E-state index in [1.807, 2.05) is 0 Å². The monoisotopic (exact) mass is 772 g/mol. The number of nitrogen functional groups attached to an aromatic ring is 1. The number of carbonyl (C=O) groups is 5. The Morgan fingerprint density at radius 2 is 1.62 bits per heavy atom. The van der Waals surface area contributed by atoms with Crippen molar-refractivity contribution in [2.45, 2.75) is 97.7 Å². The van der Waals surface area contributed by atoms with E-state index >= 15 is 0 Å². The van der Waals surface area contributed by atoms with E-state index in [0.29, 0.717) is 0 Å². The van der Waals surface area contributed by atoms with E-state index < -0.39 is 87.6 Å². The summed E-state index contributed by atoms with van der Waals surface area (Å²) in [6.07, 6.45) is -1.23. The van der Waals surface area contributed by atoms with Gasteiger partial charge in [0.1, 0.15) is 22.6 Å². The molecule has 1 saturated heterocycles. The highest BCUT2D eigenvalue weighted by atomic mass is 32.2. The first kappa shape index (κ1) is 41.2. The molecule has 286 valence electrons. The van der Waals surface area contributed by atoms with Crippen molar-refractivity contribution in [1.29, 1.82) is 0 Å². The molecule has 1 aliphatic rings. The van der Waals surface area contributed by atoms with E-state index in [-0.39, 0.29) is 33.3 Å². The number of Topliss-reactive ketones (excluding diaryl/α,β-unsaturated/α-hetero) is 1. The number of β-lactam (4-membered cyclic amide) rings is 1. The number of aliphatic imine (C=N–C) groups is 1. The van der Waals surface area contributed by atoms with Crippen LogP contribution in [0.4, 0.5) is 14.7 Å². The number of carboxylic acid groups (broad SMARTS) is 1. The molecule has 22 nitrogen and oxygen atoms in total. The minimum atomic E-state index is -5.09. The predicted octanol–water partition coefficient (Wildman–Crippen LogP) is 1.10. The first-order valence-corrected chi connectivity index (χ1v) is 17.5. The number of thiazole rings is 1. The van der Waals surface area contributed by atoms with Gasteiger partial charge in [0.25, 0.3) is 0 Å². The van der Waals surface area contributed by atoms with Crippen LogP contribution in [0.3, 0.4) is 0 Å². The van der Waals surface area contributed by atoms with E-state index in [1.54, 1.807) is 41.5 Å². The first-order valence-electron chi connectivity index (χ1n) is 15.2. The van der Waals surface area contributed by atoms with Crippen LogP contribution in [0.25, 0.3) is 0 Å². The maximum Gasteiger partial charge on any atom is 0.414 e. The summed E-state index contributed by atoms with van der Waals surface area (Å²) in [5.74, 6) is -5.07. The van der Waals surface area contributed by atoms with Crippen LogP contribution in [0.2, 0.25) is 0 Å². The predicted molar refractivity (Wildman–Crippen MR) is 181 cm³/mol. The number of anilines is 1. The van der Waals surface area contributed by atoms with Gasteiger partial charge in [0.05, 0.1) is 31.2 Å². The molecular weight excluding hydrogens is 733 g/mol. The van der Waals surface area contributed by atoms with Crippen molar-refractivity contribution in [2.24, 2.45) is 16.1 Å². The number of nitrogens with two attached hydrogens (primary N) is 1. The fraction of sp³-hybridized carbons (Fsp3) is 0.571. The highest BCUT2D eigenvalue weighted by Gasteiger charge is 2.54. The topological polar surface area (TPSA) is 309 Å². The van der Waals surface area contributed by atoms with E-state index in [9.17, 15) is 42.0 Å². The molecule has 2 atom stereocenters. The third kappa shape index (κ3) is 11.7. The molecule has 3 rings (SSSR count). The van der Waals surface area contributed by atoms with Gasteiger partial charge in [-0.2, -0.15) is 8.42 Å². The minimum absolute atomic E-state index is 0.0443. The van der Waals surface area contributed by atoms with Crippen LogP contribution in [0.5, 0.6) is 0 Å². The molecule has 2 aromatic rings. The second kappa shape index (κ2) is 15.6. The summed E-state index contributed by atoms with van der Waals surface area (Å²) >= 11 is 0.945. The minimum Gasteiger partial charge on any atom is -0.478 e. The lowest BCUT2D eigenvalue weighted by Crippen LogP contribution is -2.64. The van der Waals surface area contributed by atoms with Crippen molar-refractivity contribution in [1.82, 2.24) is 34.9 Å². The van der Waals surface area contributed by atoms with Crippen LogP contribution < -0.4 is 16.4 Å². The third-order valence-corrected chi connectivity index (χ3v) is 8.08. The van der Waals surface area contributed by atoms with Gasteiger partial charge in [-0.1, -0.05) is 10.4 Å². The zero-order valence-corrected chi connectivity index (χ0v) is 31.1. The fourth-order valence-electron chi connectivity index (χ4n) is 4.18. The molecule has 52 heavy (non-hydrogen) atoms. The lowest BCUT2D eigenvalue weighted by molar-refractivity contribution is -0.161. The van der Waals surface area contributed by atoms with Crippen LogP contribution in [-0.4, -0.2) is 107 Å². The SMILES string of the molecule is CC(C)(C)OC(=O)NC(=NCc1cn(C[C@@H]2[C@H](CC(=O)/C(=N\OC(C)(C)C(=O)O)c3csc(N)n3)C(=O)N2S(=O)(=O)O)nn1)NC(=O)OC(C)(C)C. The number of hydrogen-bond acceptors (Lipinski definition) is 17. The molecule has 2 aromatic heterocycles. The number of guanidine groups is 1. The molecule has 0 unspecified atom stereocenters. The number of aromatic nitrogens is 4. The summed E-state index contributed by atoms with van der Waals surface area (Å²) in [4.78, 5) is 75.9. The molecule has 0 spiro atoms. The van der Waals surface area contributed by atoms with Crippen LogP contribution in [0, 0.1) is 5.92 Å². The maximum absolute atomic E-state index is 13.5. The van der Waals surface area contributed by atoms with Crippen LogP contribution in [-0.2, 0) is 52.1 Å². The zero-order chi connectivity index (χ0) is 39.4. The molecular formula is C28H40N10O12S2. The summed E-state index contributed by atoms with van der Waals surface area (Å²) in [5.41, 5.74) is 1.66. The van der Waals surface area contributed by atoms with Gasteiger partial charge in [-0.15, -0.1) is 16.4 Å². The van der Waals surface area contributed by atoms with Gasteiger partial charge in [0.15, 0.2) is 16.6 Å². The number of carboxylic acids is 1. The number of ether oxygens (including phenoxy) is 2. The Morgan fingerprint density at radius 3 is 2.10 bits per heavy atom. The van der Waals surface area contributed by atoms with Gasteiger partial charge in [-0.3, -0.25) is 29.5 Å². The van der Waals surface area contributed by atoms with E-state index in [1.165, 1.54) is 25.4 Å². The summed E-state index contributed by atoms with van der Waals surface area (Å²) < 4.78 is 45.7. The molecule has 0 aromatic carbocycles. The molecule has 24 heteroatoms. The van der Waals surface area contributed by atoms with Crippen molar-refractivity contribution < 1.29 is 56.4 Å². The average molecular weight is 773 g/mol. The molecule has 1 aliphatic heterocycles. The number of amides is 3. The van der Waals surface area contributed by atoms with Crippen molar-refractivity contribution in [3.8, 4) is 0 Å². The Bertz CT molecular complexity index is 1840. The van der Waals surface area contributed by atoms with Gasteiger partial charge in [0.2, 0.25) is 17.5 Å². The van der Waals surface area contributed by atoms with Gasteiger partial charge >= 0.3 is 28.5 Å². The highest BCUT2D eigenvalue weighted by molar-refractivity contribution is 7.84. The van der Waals surface area contributed by atoms with E-state index in [2.05, 4.69) is 36.1 Å². The smallest absolute Gasteiger partial charge is 0.414 e. The molecule has 0 bridgehead atoms. The summed E-state index contributed by atoms with van der Waals surface area (Å²) in [6.45, 7) is 11.4. The zero-order valence-electron chi connectivity index (χ0n) is 29.4. The number of carbonyl (C=O) groups excluding carboxylic acids is 4. The Hall–Kier alpha value is -5.23. The largest absolute Gasteiger partial charge is 0.478 e. The number of rotatable bonds is 12. The van der Waals surface area contributed by atoms with Crippen molar-refractivity contribution >= 4 is 68.3 Å². The number of nitrogens with zero attached hydrogens (tertiary/aromatic N) is 7. The molecule has 0 aliphatic carbocycles. The maximum atomic E-state index is 13.5. The molecule has 3 heterocycles. The van der Waals surface area contributed by atoms with Crippen LogP contribution in [0.1, 0.15) is 73.2 Å². The quantitative estimate of drug-likeness (QED) is 0.0663. The Labute approximate surface area is 301 Å². The van der Waals surface area contributed by atoms with Crippen molar-refractivity contribution in [3.05, 3.63) is 23.0 Å². The van der Waals surface area contributed by atoms with Crippen LogP contribution >= 0.6 is 11.3 Å².